The Morgan fingerprint density at radius 3 is 2.53 bits per heavy atom. The van der Waals surface area contributed by atoms with E-state index in [1.807, 2.05) is 30.3 Å². The number of hydrogen-bond acceptors (Lipinski definition) is 3. The summed E-state index contributed by atoms with van der Waals surface area (Å²) in [4.78, 5) is 4.32. The van der Waals surface area contributed by atoms with Gasteiger partial charge in [0.05, 0.1) is 12.8 Å². The Morgan fingerprint density at radius 2 is 1.95 bits per heavy atom. The zero-order valence-corrected chi connectivity index (χ0v) is 10.4. The van der Waals surface area contributed by atoms with Crippen LogP contribution in [0.15, 0.2) is 53.5 Å². The summed E-state index contributed by atoms with van der Waals surface area (Å²) in [7, 11) is 1.41. The molecule has 0 aromatic heterocycles. The summed E-state index contributed by atoms with van der Waals surface area (Å²) < 4.78 is 18.5. The van der Waals surface area contributed by atoms with Crippen molar-refractivity contribution in [1.29, 1.82) is 0 Å². The van der Waals surface area contributed by atoms with Crippen molar-refractivity contribution in [3.63, 3.8) is 0 Å². The number of benzene rings is 2. The van der Waals surface area contributed by atoms with Gasteiger partial charge in [0, 0.05) is 5.56 Å². The highest BCUT2D eigenvalue weighted by Gasteiger charge is 2.07. The van der Waals surface area contributed by atoms with Gasteiger partial charge >= 0.3 is 0 Å². The Kier molecular flexibility index (Phi) is 4.10. The molecule has 0 radical (unpaired) electrons. The first kappa shape index (κ1) is 13.0. The summed E-state index contributed by atoms with van der Waals surface area (Å²) in [5.41, 5.74) is 3.75. The molecule has 2 rings (SSSR count). The SMILES string of the molecule is COc1ccc(C(=Nc2ccccc2)NN)cc1F. The molecule has 0 fully saturated rings. The second-order valence-corrected chi connectivity index (χ2v) is 3.79. The van der Waals surface area contributed by atoms with Crippen LogP contribution < -0.4 is 16.0 Å². The van der Waals surface area contributed by atoms with E-state index in [1.54, 1.807) is 6.07 Å². The fourth-order valence-corrected chi connectivity index (χ4v) is 1.63. The van der Waals surface area contributed by atoms with Gasteiger partial charge in [-0.15, -0.1) is 0 Å². The van der Waals surface area contributed by atoms with Crippen molar-refractivity contribution in [3.05, 3.63) is 59.9 Å². The Balaban J connectivity index is 2.37. The maximum Gasteiger partial charge on any atom is 0.165 e. The average molecular weight is 259 g/mol. The summed E-state index contributed by atoms with van der Waals surface area (Å²) in [5, 5.41) is 0. The molecule has 3 N–H and O–H groups in total. The second kappa shape index (κ2) is 5.97. The topological polar surface area (TPSA) is 59.6 Å². The fourth-order valence-electron chi connectivity index (χ4n) is 1.63. The summed E-state index contributed by atoms with van der Waals surface area (Å²) >= 11 is 0. The predicted octanol–water partition coefficient (Wildman–Crippen LogP) is 2.38. The van der Waals surface area contributed by atoms with Crippen LogP contribution in [0.4, 0.5) is 10.1 Å². The summed E-state index contributed by atoms with van der Waals surface area (Å²) in [6, 6.07) is 13.8. The van der Waals surface area contributed by atoms with E-state index in [-0.39, 0.29) is 5.75 Å². The molecule has 98 valence electrons. The van der Waals surface area contributed by atoms with E-state index in [0.29, 0.717) is 11.4 Å². The highest BCUT2D eigenvalue weighted by molar-refractivity contribution is 6.00. The highest BCUT2D eigenvalue weighted by Crippen LogP contribution is 2.19. The molecular weight excluding hydrogens is 245 g/mol. The number of ether oxygens (including phenoxy) is 1. The quantitative estimate of drug-likeness (QED) is 0.385. The van der Waals surface area contributed by atoms with Gasteiger partial charge in [-0.25, -0.2) is 15.2 Å². The van der Waals surface area contributed by atoms with E-state index >= 15 is 0 Å². The Hall–Kier alpha value is -2.40. The van der Waals surface area contributed by atoms with E-state index in [9.17, 15) is 4.39 Å². The van der Waals surface area contributed by atoms with Crippen LogP contribution in [0.1, 0.15) is 5.56 Å². The predicted molar refractivity (Wildman–Crippen MR) is 72.9 cm³/mol. The largest absolute Gasteiger partial charge is 0.494 e. The molecule has 0 atom stereocenters. The minimum absolute atomic E-state index is 0.180. The Bertz CT molecular complexity index is 584. The Labute approximate surface area is 110 Å². The standard InChI is InChI=1S/C14H14FN3O/c1-19-13-8-7-10(9-12(13)15)14(18-16)17-11-5-3-2-4-6-11/h2-9H,16H2,1H3,(H,17,18). The third-order valence-corrected chi connectivity index (χ3v) is 2.56. The molecule has 0 saturated carbocycles. The van der Waals surface area contributed by atoms with Crippen LogP contribution >= 0.6 is 0 Å². The lowest BCUT2D eigenvalue weighted by molar-refractivity contribution is 0.386. The molecule has 0 bridgehead atoms. The molecule has 5 heteroatoms. The summed E-state index contributed by atoms with van der Waals surface area (Å²) in [6.07, 6.45) is 0. The number of nitrogens with two attached hydrogens (primary N) is 1. The maximum atomic E-state index is 13.6. The van der Waals surface area contributed by atoms with E-state index in [2.05, 4.69) is 10.4 Å². The zero-order valence-electron chi connectivity index (χ0n) is 10.4. The van der Waals surface area contributed by atoms with E-state index in [0.717, 1.165) is 5.69 Å². The normalized spacial score (nSPS) is 11.2. The first-order chi connectivity index (χ1) is 9.24. The number of halogens is 1. The molecule has 0 unspecified atom stereocenters. The lowest BCUT2D eigenvalue weighted by Crippen LogP contribution is -2.31. The van der Waals surface area contributed by atoms with E-state index < -0.39 is 5.82 Å². The number of nitrogens with zero attached hydrogens (tertiary/aromatic N) is 1. The molecule has 0 aliphatic carbocycles. The first-order valence-corrected chi connectivity index (χ1v) is 5.69. The van der Waals surface area contributed by atoms with E-state index in [1.165, 1.54) is 19.2 Å². The van der Waals surface area contributed by atoms with Gasteiger partial charge in [-0.3, -0.25) is 0 Å². The number of hydrogen-bond donors (Lipinski definition) is 2. The van der Waals surface area contributed by atoms with Crippen molar-refractivity contribution in [3.8, 4) is 5.75 Å². The molecule has 2 aromatic carbocycles. The average Bonchev–Trinajstić information content (AvgIpc) is 2.46. The number of methoxy groups -OCH3 is 1. The van der Waals surface area contributed by atoms with Crippen molar-refractivity contribution < 1.29 is 9.13 Å². The third kappa shape index (κ3) is 3.08. The van der Waals surface area contributed by atoms with Gasteiger partial charge in [-0.2, -0.15) is 0 Å². The molecule has 19 heavy (non-hydrogen) atoms. The number of amidine groups is 1. The molecule has 0 aliphatic rings. The fraction of sp³-hybridized carbons (Fsp3) is 0.0714. The second-order valence-electron chi connectivity index (χ2n) is 3.79. The molecule has 2 aromatic rings. The summed E-state index contributed by atoms with van der Waals surface area (Å²) in [6.45, 7) is 0. The Morgan fingerprint density at radius 1 is 1.21 bits per heavy atom. The van der Waals surface area contributed by atoms with E-state index in [4.69, 9.17) is 10.6 Å². The van der Waals surface area contributed by atoms with Crippen LogP contribution in [0, 0.1) is 5.82 Å². The molecule has 0 amide bonds. The van der Waals surface area contributed by atoms with Gasteiger partial charge in [0.2, 0.25) is 0 Å². The maximum absolute atomic E-state index is 13.6. The summed E-state index contributed by atoms with van der Waals surface area (Å²) in [5.74, 6) is 5.54. The van der Waals surface area contributed by atoms with Crippen LogP contribution in [0.3, 0.4) is 0 Å². The molecule has 4 nitrogen and oxygen atoms in total. The molecule has 0 spiro atoms. The van der Waals surface area contributed by atoms with Crippen molar-refractivity contribution in [1.82, 2.24) is 5.43 Å². The molecule has 0 aliphatic heterocycles. The number of aliphatic imine (C=N–C) groups is 1. The van der Waals surface area contributed by atoms with Gasteiger partial charge in [-0.1, -0.05) is 18.2 Å². The molecule has 0 saturated heterocycles. The lowest BCUT2D eigenvalue weighted by Gasteiger charge is -2.08. The van der Waals surface area contributed by atoms with Gasteiger partial charge < -0.3 is 10.2 Å². The molecule has 0 heterocycles. The highest BCUT2D eigenvalue weighted by atomic mass is 19.1. The van der Waals surface area contributed by atoms with Crippen LogP contribution in [0.2, 0.25) is 0 Å². The van der Waals surface area contributed by atoms with Crippen LogP contribution in [0.5, 0.6) is 5.75 Å². The number of nitrogens with one attached hydrogen (secondary N) is 1. The smallest absolute Gasteiger partial charge is 0.165 e. The number of rotatable bonds is 3. The number of para-hydroxylation sites is 1. The van der Waals surface area contributed by atoms with Gasteiger partial charge in [0.15, 0.2) is 11.6 Å². The zero-order chi connectivity index (χ0) is 13.7. The monoisotopic (exact) mass is 259 g/mol. The van der Waals surface area contributed by atoms with Gasteiger partial charge in [-0.05, 0) is 30.3 Å². The van der Waals surface area contributed by atoms with Gasteiger partial charge in [0.1, 0.15) is 5.84 Å². The minimum Gasteiger partial charge on any atom is -0.494 e. The third-order valence-electron chi connectivity index (χ3n) is 2.56. The lowest BCUT2D eigenvalue weighted by atomic mass is 10.2. The van der Waals surface area contributed by atoms with Crippen LogP contribution in [-0.2, 0) is 0 Å². The van der Waals surface area contributed by atoms with Crippen LogP contribution in [0.25, 0.3) is 0 Å². The number of hydrazine groups is 1. The van der Waals surface area contributed by atoms with Crippen molar-refractivity contribution in [2.45, 2.75) is 0 Å². The molecular formula is C14H14FN3O. The van der Waals surface area contributed by atoms with Gasteiger partial charge in [0.25, 0.3) is 0 Å². The van der Waals surface area contributed by atoms with Crippen molar-refractivity contribution in [2.75, 3.05) is 7.11 Å². The van der Waals surface area contributed by atoms with Crippen LogP contribution in [-0.4, -0.2) is 12.9 Å². The first-order valence-electron chi connectivity index (χ1n) is 5.69. The van der Waals surface area contributed by atoms with Crippen molar-refractivity contribution >= 4 is 11.5 Å². The minimum atomic E-state index is -0.462. The van der Waals surface area contributed by atoms with Crippen molar-refractivity contribution in [2.24, 2.45) is 10.8 Å².